The quantitative estimate of drug-likeness (QED) is 0.790. The normalized spacial score (nSPS) is 18.9. The van der Waals surface area contributed by atoms with Gasteiger partial charge >= 0.3 is 0 Å². The molecular weight excluding hydrogens is 265 g/mol. The van der Waals surface area contributed by atoms with Crippen molar-refractivity contribution in [3.05, 3.63) is 28.0 Å². The molecule has 17 heavy (non-hydrogen) atoms. The van der Waals surface area contributed by atoms with Gasteiger partial charge in [-0.15, -0.1) is 0 Å². The van der Waals surface area contributed by atoms with Crippen molar-refractivity contribution in [1.29, 1.82) is 0 Å². The Bertz CT molecular complexity index is 458. The maximum Gasteiger partial charge on any atom is 0.251 e. The second kappa shape index (κ2) is 4.89. The minimum absolute atomic E-state index is 0.0684. The molecule has 1 aliphatic rings. The highest BCUT2D eigenvalue weighted by Crippen LogP contribution is 2.15. The lowest BCUT2D eigenvalue weighted by atomic mass is 10.2. The first-order valence-corrected chi connectivity index (χ1v) is 5.71. The summed E-state index contributed by atoms with van der Waals surface area (Å²) in [7, 11) is 0. The zero-order valence-electron chi connectivity index (χ0n) is 8.67. The van der Waals surface area contributed by atoms with Gasteiger partial charge in [0.05, 0.1) is 6.04 Å². The van der Waals surface area contributed by atoms with Crippen molar-refractivity contribution in [1.82, 2.24) is 15.6 Å². The van der Waals surface area contributed by atoms with Crippen LogP contribution in [0.25, 0.3) is 0 Å². The molecule has 0 aliphatic carbocycles. The average Bonchev–Trinajstić information content (AvgIpc) is 2.62. The number of hydrogen-bond acceptors (Lipinski definition) is 3. The van der Waals surface area contributed by atoms with Crippen molar-refractivity contribution in [2.75, 3.05) is 6.54 Å². The number of carbonyl (C=O) groups excluding carboxylic acids is 2. The van der Waals surface area contributed by atoms with Crippen LogP contribution >= 0.6 is 23.2 Å². The molecule has 90 valence electrons. The minimum atomic E-state index is -0.322. The van der Waals surface area contributed by atoms with Crippen LogP contribution in [0.15, 0.2) is 12.1 Å². The van der Waals surface area contributed by atoms with Crippen molar-refractivity contribution < 1.29 is 9.59 Å². The van der Waals surface area contributed by atoms with Crippen LogP contribution in [-0.4, -0.2) is 29.4 Å². The number of carbonyl (C=O) groups is 2. The second-order valence-electron chi connectivity index (χ2n) is 3.68. The van der Waals surface area contributed by atoms with E-state index in [0.717, 1.165) is 0 Å². The molecule has 0 radical (unpaired) electrons. The van der Waals surface area contributed by atoms with Gasteiger partial charge < -0.3 is 10.6 Å². The van der Waals surface area contributed by atoms with Gasteiger partial charge in [-0.25, -0.2) is 4.98 Å². The summed E-state index contributed by atoms with van der Waals surface area (Å²) in [6, 6.07) is 2.65. The Labute approximate surface area is 107 Å². The van der Waals surface area contributed by atoms with E-state index in [0.29, 0.717) is 12.1 Å². The Balaban J connectivity index is 2.06. The summed E-state index contributed by atoms with van der Waals surface area (Å²) in [5, 5.41) is 5.66. The van der Waals surface area contributed by atoms with E-state index in [1.54, 1.807) is 0 Å². The number of aromatic nitrogens is 1. The molecule has 1 atom stereocenters. The van der Waals surface area contributed by atoms with Crippen LogP contribution in [-0.2, 0) is 4.79 Å². The highest BCUT2D eigenvalue weighted by Gasteiger charge is 2.23. The van der Waals surface area contributed by atoms with Gasteiger partial charge in [-0.1, -0.05) is 23.2 Å². The topological polar surface area (TPSA) is 71.1 Å². The summed E-state index contributed by atoms with van der Waals surface area (Å²) < 4.78 is 0. The minimum Gasteiger partial charge on any atom is -0.354 e. The maximum absolute atomic E-state index is 11.8. The molecule has 0 saturated carbocycles. The number of halogens is 2. The highest BCUT2D eigenvalue weighted by molar-refractivity contribution is 6.33. The lowest BCUT2D eigenvalue weighted by Crippen LogP contribution is -2.36. The molecule has 1 unspecified atom stereocenters. The van der Waals surface area contributed by atoms with E-state index in [4.69, 9.17) is 23.2 Å². The van der Waals surface area contributed by atoms with Crippen molar-refractivity contribution in [3.8, 4) is 0 Å². The number of pyridine rings is 1. The standard InChI is InChI=1S/C10H9Cl2N3O2/c11-7-1-5(2-8(12)15-7)10(17)14-6-3-9(16)13-4-6/h1-2,6H,3-4H2,(H,13,16)(H,14,17). The van der Waals surface area contributed by atoms with Gasteiger partial charge in [-0.05, 0) is 12.1 Å². The number of nitrogens with one attached hydrogen (secondary N) is 2. The predicted octanol–water partition coefficient (Wildman–Crippen LogP) is 1.01. The summed E-state index contributed by atoms with van der Waals surface area (Å²) in [6.45, 7) is 0.442. The molecule has 0 spiro atoms. The SMILES string of the molecule is O=C1CC(NC(=O)c2cc(Cl)nc(Cl)c2)CN1. The highest BCUT2D eigenvalue weighted by atomic mass is 35.5. The molecular formula is C10H9Cl2N3O2. The van der Waals surface area contributed by atoms with E-state index < -0.39 is 0 Å². The first-order valence-electron chi connectivity index (χ1n) is 4.95. The van der Waals surface area contributed by atoms with Gasteiger partial charge in [-0.2, -0.15) is 0 Å². The van der Waals surface area contributed by atoms with E-state index in [2.05, 4.69) is 15.6 Å². The average molecular weight is 274 g/mol. The summed E-state index contributed by atoms with van der Waals surface area (Å²) in [4.78, 5) is 26.5. The zero-order chi connectivity index (χ0) is 12.4. The van der Waals surface area contributed by atoms with Gasteiger partial charge in [0, 0.05) is 18.5 Å². The van der Waals surface area contributed by atoms with Crippen LogP contribution in [0.4, 0.5) is 0 Å². The fraction of sp³-hybridized carbons (Fsp3) is 0.300. The maximum atomic E-state index is 11.8. The first-order chi connectivity index (χ1) is 8.04. The molecule has 1 aliphatic heterocycles. The first kappa shape index (κ1) is 12.1. The Morgan fingerprint density at radius 1 is 1.41 bits per heavy atom. The lowest BCUT2D eigenvalue weighted by molar-refractivity contribution is -0.119. The van der Waals surface area contributed by atoms with Crippen LogP contribution in [0, 0.1) is 0 Å². The number of rotatable bonds is 2. The second-order valence-corrected chi connectivity index (χ2v) is 4.45. The molecule has 0 aromatic carbocycles. The zero-order valence-corrected chi connectivity index (χ0v) is 10.2. The Morgan fingerprint density at radius 3 is 2.59 bits per heavy atom. The van der Waals surface area contributed by atoms with Crippen molar-refractivity contribution in [2.45, 2.75) is 12.5 Å². The summed E-state index contributed by atoms with van der Waals surface area (Å²) in [5.74, 6) is -0.390. The fourth-order valence-corrected chi connectivity index (χ4v) is 2.03. The third kappa shape index (κ3) is 3.08. The summed E-state index contributed by atoms with van der Waals surface area (Å²) >= 11 is 11.4. The summed E-state index contributed by atoms with van der Waals surface area (Å²) in [6.07, 6.45) is 0.290. The van der Waals surface area contributed by atoms with Crippen LogP contribution in [0.2, 0.25) is 10.3 Å². The van der Waals surface area contributed by atoms with Crippen LogP contribution in [0.1, 0.15) is 16.8 Å². The molecule has 1 fully saturated rings. The Kier molecular flexibility index (Phi) is 3.49. The smallest absolute Gasteiger partial charge is 0.251 e. The Morgan fingerprint density at radius 2 is 2.06 bits per heavy atom. The molecule has 2 N–H and O–H groups in total. The van der Waals surface area contributed by atoms with Gasteiger partial charge in [0.1, 0.15) is 10.3 Å². The Hall–Kier alpha value is -1.33. The van der Waals surface area contributed by atoms with Gasteiger partial charge in [0.2, 0.25) is 5.91 Å². The third-order valence-corrected chi connectivity index (χ3v) is 2.72. The van der Waals surface area contributed by atoms with Crippen LogP contribution in [0.5, 0.6) is 0 Å². The molecule has 2 amide bonds. The molecule has 1 saturated heterocycles. The van der Waals surface area contributed by atoms with Crippen molar-refractivity contribution in [3.63, 3.8) is 0 Å². The number of hydrogen-bond donors (Lipinski definition) is 2. The van der Waals surface area contributed by atoms with Crippen LogP contribution in [0.3, 0.4) is 0 Å². The molecule has 2 heterocycles. The molecule has 2 rings (SSSR count). The van der Waals surface area contributed by atoms with Crippen LogP contribution < -0.4 is 10.6 Å². The van der Waals surface area contributed by atoms with Crippen molar-refractivity contribution >= 4 is 35.0 Å². The van der Waals surface area contributed by atoms with Gasteiger partial charge in [-0.3, -0.25) is 9.59 Å². The molecule has 1 aromatic rings. The fourth-order valence-electron chi connectivity index (χ4n) is 1.57. The van der Waals surface area contributed by atoms with E-state index in [-0.39, 0.29) is 34.6 Å². The van der Waals surface area contributed by atoms with E-state index in [1.807, 2.05) is 0 Å². The monoisotopic (exact) mass is 273 g/mol. The van der Waals surface area contributed by atoms with Gasteiger partial charge in [0.25, 0.3) is 5.91 Å². The van der Waals surface area contributed by atoms with E-state index >= 15 is 0 Å². The third-order valence-electron chi connectivity index (χ3n) is 2.34. The predicted molar refractivity (Wildman–Crippen MR) is 63.1 cm³/mol. The van der Waals surface area contributed by atoms with E-state index in [9.17, 15) is 9.59 Å². The number of nitrogens with zero attached hydrogens (tertiary/aromatic N) is 1. The molecule has 1 aromatic heterocycles. The number of amides is 2. The van der Waals surface area contributed by atoms with Crippen molar-refractivity contribution in [2.24, 2.45) is 0 Å². The molecule has 7 heteroatoms. The lowest BCUT2D eigenvalue weighted by Gasteiger charge is -2.10. The van der Waals surface area contributed by atoms with Gasteiger partial charge in [0.15, 0.2) is 0 Å². The van der Waals surface area contributed by atoms with E-state index in [1.165, 1.54) is 12.1 Å². The molecule has 0 bridgehead atoms. The molecule has 5 nitrogen and oxygen atoms in total. The largest absolute Gasteiger partial charge is 0.354 e. The summed E-state index contributed by atoms with van der Waals surface area (Å²) in [5.41, 5.74) is 0.328.